The zero-order chi connectivity index (χ0) is 17.9. The molecule has 26 heavy (non-hydrogen) atoms. The first-order valence-corrected chi connectivity index (χ1v) is 9.23. The van der Waals surface area contributed by atoms with E-state index in [9.17, 15) is 4.39 Å². The van der Waals surface area contributed by atoms with Gasteiger partial charge in [-0.05, 0) is 44.0 Å². The number of aliphatic imine (C=N–C) groups is 1. The van der Waals surface area contributed by atoms with E-state index < -0.39 is 0 Å². The predicted octanol–water partition coefficient (Wildman–Crippen LogP) is 3.78. The molecule has 2 N–H and O–H groups in total. The van der Waals surface area contributed by atoms with Crippen LogP contribution in [0.1, 0.15) is 22.7 Å². The summed E-state index contributed by atoms with van der Waals surface area (Å²) in [5.74, 6) is 1.25. The minimum absolute atomic E-state index is 0. The van der Waals surface area contributed by atoms with Crippen LogP contribution in [0, 0.1) is 12.7 Å². The molecule has 0 aliphatic carbocycles. The SMILES string of the molecule is CN=C(NCCCCOc1ccc(F)cc1)NCCc1ncc(C)s1.I. The van der Waals surface area contributed by atoms with Crippen molar-refractivity contribution in [3.8, 4) is 5.75 Å². The van der Waals surface area contributed by atoms with Crippen molar-refractivity contribution >= 4 is 41.3 Å². The number of rotatable bonds is 9. The fraction of sp³-hybridized carbons (Fsp3) is 0.444. The quantitative estimate of drug-likeness (QED) is 0.242. The van der Waals surface area contributed by atoms with Gasteiger partial charge in [0, 0.05) is 37.6 Å². The number of aryl methyl sites for hydroxylation is 1. The van der Waals surface area contributed by atoms with Gasteiger partial charge in [0.1, 0.15) is 11.6 Å². The highest BCUT2D eigenvalue weighted by Gasteiger charge is 2.01. The third-order valence-corrected chi connectivity index (χ3v) is 4.44. The highest BCUT2D eigenvalue weighted by molar-refractivity contribution is 14.0. The topological polar surface area (TPSA) is 58.5 Å². The van der Waals surface area contributed by atoms with Gasteiger partial charge in [-0.3, -0.25) is 4.99 Å². The predicted molar refractivity (Wildman–Crippen MR) is 116 cm³/mol. The lowest BCUT2D eigenvalue weighted by atomic mass is 10.3. The summed E-state index contributed by atoms with van der Waals surface area (Å²) >= 11 is 1.73. The Kier molecular flexibility index (Phi) is 11.2. The molecule has 5 nitrogen and oxygen atoms in total. The molecule has 8 heteroatoms. The van der Waals surface area contributed by atoms with Crippen molar-refractivity contribution in [3.05, 3.63) is 46.2 Å². The van der Waals surface area contributed by atoms with Gasteiger partial charge in [-0.15, -0.1) is 35.3 Å². The molecule has 0 fully saturated rings. The highest BCUT2D eigenvalue weighted by atomic mass is 127. The lowest BCUT2D eigenvalue weighted by molar-refractivity contribution is 0.306. The summed E-state index contributed by atoms with van der Waals surface area (Å²) in [7, 11) is 1.76. The van der Waals surface area contributed by atoms with Gasteiger partial charge < -0.3 is 15.4 Å². The van der Waals surface area contributed by atoms with Crippen molar-refractivity contribution < 1.29 is 9.13 Å². The van der Waals surface area contributed by atoms with E-state index in [0.717, 1.165) is 43.3 Å². The Balaban J connectivity index is 0.00000338. The molecular formula is C18H26FIN4OS. The number of benzene rings is 1. The summed E-state index contributed by atoms with van der Waals surface area (Å²) in [6.07, 6.45) is 4.68. The van der Waals surface area contributed by atoms with Gasteiger partial charge in [0.2, 0.25) is 0 Å². The lowest BCUT2D eigenvalue weighted by Gasteiger charge is -2.11. The van der Waals surface area contributed by atoms with Gasteiger partial charge >= 0.3 is 0 Å². The van der Waals surface area contributed by atoms with Gasteiger partial charge in [0.25, 0.3) is 0 Å². The second-order valence-electron chi connectivity index (χ2n) is 5.55. The Bertz CT molecular complexity index is 663. The molecule has 0 spiro atoms. The molecule has 0 unspecified atom stereocenters. The molecular weight excluding hydrogens is 466 g/mol. The molecule has 0 saturated carbocycles. The smallest absolute Gasteiger partial charge is 0.190 e. The van der Waals surface area contributed by atoms with Crippen LogP contribution in [-0.4, -0.2) is 37.7 Å². The number of hydrogen-bond donors (Lipinski definition) is 2. The third-order valence-electron chi connectivity index (χ3n) is 3.47. The molecule has 1 heterocycles. The first kappa shape index (κ1) is 22.6. The number of aromatic nitrogens is 1. The zero-order valence-corrected chi connectivity index (χ0v) is 18.3. The Morgan fingerprint density at radius 2 is 1.92 bits per heavy atom. The number of unbranched alkanes of at least 4 members (excludes halogenated alkanes) is 1. The first-order valence-electron chi connectivity index (χ1n) is 8.41. The van der Waals surface area contributed by atoms with Crippen molar-refractivity contribution in [2.45, 2.75) is 26.2 Å². The largest absolute Gasteiger partial charge is 0.494 e. The minimum Gasteiger partial charge on any atom is -0.494 e. The Morgan fingerprint density at radius 3 is 2.58 bits per heavy atom. The van der Waals surface area contributed by atoms with E-state index in [2.05, 4.69) is 27.5 Å². The number of thiazole rings is 1. The highest BCUT2D eigenvalue weighted by Crippen LogP contribution is 2.12. The first-order chi connectivity index (χ1) is 12.2. The number of nitrogens with one attached hydrogen (secondary N) is 2. The van der Waals surface area contributed by atoms with Crippen molar-refractivity contribution in [2.75, 3.05) is 26.7 Å². The van der Waals surface area contributed by atoms with E-state index in [4.69, 9.17) is 4.74 Å². The molecule has 0 atom stereocenters. The maximum absolute atomic E-state index is 12.8. The summed E-state index contributed by atoms with van der Waals surface area (Å²) in [6, 6.07) is 6.09. The number of ether oxygens (including phenoxy) is 1. The van der Waals surface area contributed by atoms with Crippen LogP contribution < -0.4 is 15.4 Å². The molecule has 2 rings (SSSR count). The van der Waals surface area contributed by atoms with Gasteiger partial charge in [-0.2, -0.15) is 0 Å². The molecule has 1 aromatic carbocycles. The summed E-state index contributed by atoms with van der Waals surface area (Å²) in [4.78, 5) is 9.79. The van der Waals surface area contributed by atoms with Gasteiger partial charge in [-0.25, -0.2) is 9.37 Å². The van der Waals surface area contributed by atoms with E-state index >= 15 is 0 Å². The van der Waals surface area contributed by atoms with Crippen LogP contribution in [0.2, 0.25) is 0 Å². The number of hydrogen-bond acceptors (Lipinski definition) is 4. The average Bonchev–Trinajstić information content (AvgIpc) is 3.03. The van der Waals surface area contributed by atoms with Crippen LogP contribution in [0.15, 0.2) is 35.5 Å². The maximum Gasteiger partial charge on any atom is 0.190 e. The fourth-order valence-corrected chi connectivity index (χ4v) is 2.97. The van der Waals surface area contributed by atoms with Crippen molar-refractivity contribution in [1.29, 1.82) is 0 Å². The maximum atomic E-state index is 12.8. The third kappa shape index (κ3) is 8.79. The Hall–Kier alpha value is -1.42. The van der Waals surface area contributed by atoms with Gasteiger partial charge in [0.15, 0.2) is 5.96 Å². The summed E-state index contributed by atoms with van der Waals surface area (Å²) in [5.41, 5.74) is 0. The van der Waals surface area contributed by atoms with Crippen LogP contribution >= 0.6 is 35.3 Å². The molecule has 1 aromatic heterocycles. The molecule has 0 radical (unpaired) electrons. The van der Waals surface area contributed by atoms with Crippen LogP contribution in [-0.2, 0) is 6.42 Å². The van der Waals surface area contributed by atoms with Crippen LogP contribution in [0.5, 0.6) is 5.75 Å². The second kappa shape index (κ2) is 12.9. The molecule has 0 aliphatic rings. The fourth-order valence-electron chi connectivity index (χ4n) is 2.18. The standard InChI is InChI=1S/C18H25FN4OS.HI/c1-14-13-23-17(25-14)9-11-22-18(20-2)21-10-3-4-12-24-16-7-5-15(19)6-8-16;/h5-8,13H,3-4,9-12H2,1-2H3,(H2,20,21,22);1H. The van der Waals surface area contributed by atoms with Gasteiger partial charge in [-0.1, -0.05) is 0 Å². The summed E-state index contributed by atoms with van der Waals surface area (Å²) in [5, 5.41) is 7.71. The van der Waals surface area contributed by atoms with E-state index in [1.165, 1.54) is 17.0 Å². The van der Waals surface area contributed by atoms with Crippen molar-refractivity contribution in [3.63, 3.8) is 0 Å². The Labute approximate surface area is 175 Å². The zero-order valence-electron chi connectivity index (χ0n) is 15.1. The van der Waals surface area contributed by atoms with Crippen molar-refractivity contribution in [1.82, 2.24) is 15.6 Å². The average molecular weight is 492 g/mol. The normalized spacial score (nSPS) is 11.0. The minimum atomic E-state index is -0.250. The van der Waals surface area contributed by atoms with Crippen molar-refractivity contribution in [2.24, 2.45) is 4.99 Å². The van der Waals surface area contributed by atoms with Crippen LogP contribution in [0.4, 0.5) is 4.39 Å². The van der Waals surface area contributed by atoms with E-state index in [1.54, 1.807) is 30.5 Å². The number of halogens is 2. The number of nitrogens with zero attached hydrogens (tertiary/aromatic N) is 2. The van der Waals surface area contributed by atoms with Crippen LogP contribution in [0.3, 0.4) is 0 Å². The van der Waals surface area contributed by atoms with E-state index in [1.807, 2.05) is 6.20 Å². The van der Waals surface area contributed by atoms with E-state index in [0.29, 0.717) is 12.4 Å². The van der Waals surface area contributed by atoms with Crippen LogP contribution in [0.25, 0.3) is 0 Å². The monoisotopic (exact) mass is 492 g/mol. The van der Waals surface area contributed by atoms with Gasteiger partial charge in [0.05, 0.1) is 11.6 Å². The number of guanidine groups is 1. The molecule has 0 saturated heterocycles. The molecule has 0 amide bonds. The molecule has 0 aliphatic heterocycles. The Morgan fingerprint density at radius 1 is 1.19 bits per heavy atom. The molecule has 0 bridgehead atoms. The second-order valence-corrected chi connectivity index (χ2v) is 6.87. The lowest BCUT2D eigenvalue weighted by Crippen LogP contribution is -2.38. The van der Waals surface area contributed by atoms with E-state index in [-0.39, 0.29) is 29.8 Å². The molecule has 144 valence electrons. The molecule has 2 aromatic rings. The summed E-state index contributed by atoms with van der Waals surface area (Å²) in [6.45, 7) is 4.31. The summed E-state index contributed by atoms with van der Waals surface area (Å²) < 4.78 is 18.4.